The number of piperazine rings is 1. The molecular weight excluding hydrogens is 467 g/mol. The highest BCUT2D eigenvalue weighted by Crippen LogP contribution is 2.38. The number of aliphatic carboxylic acids is 1. The maximum Gasteiger partial charge on any atom is 0.490 e. The van der Waals surface area contributed by atoms with Gasteiger partial charge in [-0.05, 0) is 44.0 Å². The minimum atomic E-state index is -5.08. The molecule has 3 aliphatic rings. The first kappa shape index (κ1) is 27.2. The van der Waals surface area contributed by atoms with Gasteiger partial charge in [0, 0.05) is 45.3 Å². The third-order valence-corrected chi connectivity index (χ3v) is 7.00. The molecule has 1 amide bonds. The van der Waals surface area contributed by atoms with Crippen molar-refractivity contribution in [3.05, 3.63) is 29.8 Å². The molecule has 3 fully saturated rings. The molecule has 0 saturated carbocycles. The van der Waals surface area contributed by atoms with Crippen molar-refractivity contribution in [2.24, 2.45) is 0 Å². The van der Waals surface area contributed by atoms with Crippen LogP contribution in [0.5, 0.6) is 5.75 Å². The van der Waals surface area contributed by atoms with E-state index in [4.69, 9.17) is 19.4 Å². The number of piperidine rings is 1. The average Bonchev–Trinajstić information content (AvgIpc) is 3.23. The van der Waals surface area contributed by atoms with Crippen LogP contribution in [-0.2, 0) is 20.7 Å². The van der Waals surface area contributed by atoms with Crippen LogP contribution in [0, 0.1) is 0 Å². The van der Waals surface area contributed by atoms with Crippen LogP contribution in [0.2, 0.25) is 0 Å². The molecule has 0 bridgehead atoms. The molecule has 1 aromatic rings. The van der Waals surface area contributed by atoms with Crippen LogP contribution in [0.15, 0.2) is 24.3 Å². The lowest BCUT2D eigenvalue weighted by atomic mass is 9.86. The van der Waals surface area contributed by atoms with Crippen molar-refractivity contribution in [2.75, 3.05) is 60.0 Å². The van der Waals surface area contributed by atoms with Crippen molar-refractivity contribution >= 4 is 11.9 Å². The molecule has 1 unspecified atom stereocenters. The third kappa shape index (κ3) is 7.55. The standard InChI is InChI=1S/C22H33N3O3.C2HF3O2/c1-23-10-12-24(13-11-23)19-16-22(28-17-19)6-8-25(9-7-22)21(26)15-18-4-3-5-20(14-18)27-2;3-2(4,5)1(6)7/h3-5,14,19H,6-13,15-17H2,1-2H3;(H,6,7). The van der Waals surface area contributed by atoms with Gasteiger partial charge in [0.25, 0.3) is 0 Å². The number of carboxylic acids is 1. The molecule has 0 aromatic heterocycles. The SMILES string of the molecule is COc1cccc(CC(=O)N2CCC3(CC2)CC(N2CCN(C)CC2)CO3)c1.O=C(O)C(F)(F)F. The van der Waals surface area contributed by atoms with Gasteiger partial charge in [0.05, 0.1) is 25.7 Å². The largest absolute Gasteiger partial charge is 0.497 e. The second-order valence-corrected chi connectivity index (χ2v) is 9.40. The van der Waals surface area contributed by atoms with E-state index in [1.807, 2.05) is 29.2 Å². The second-order valence-electron chi connectivity index (χ2n) is 9.40. The van der Waals surface area contributed by atoms with Gasteiger partial charge in [-0.2, -0.15) is 13.2 Å². The summed E-state index contributed by atoms with van der Waals surface area (Å²) in [4.78, 5) is 28.7. The number of amides is 1. The summed E-state index contributed by atoms with van der Waals surface area (Å²) in [5, 5.41) is 7.12. The molecule has 3 saturated heterocycles. The Kier molecular flexibility index (Phi) is 9.00. The number of carbonyl (C=O) groups excluding carboxylic acids is 1. The van der Waals surface area contributed by atoms with E-state index in [1.165, 1.54) is 0 Å². The number of carbonyl (C=O) groups is 2. The van der Waals surface area contributed by atoms with E-state index >= 15 is 0 Å². The second kappa shape index (κ2) is 11.6. The predicted octanol–water partition coefficient (Wildman–Crippen LogP) is 2.27. The van der Waals surface area contributed by atoms with E-state index in [1.54, 1.807) is 7.11 Å². The highest BCUT2D eigenvalue weighted by molar-refractivity contribution is 5.79. The number of ether oxygens (including phenoxy) is 2. The van der Waals surface area contributed by atoms with E-state index in [0.717, 1.165) is 76.5 Å². The number of carboxylic acid groups (broad SMARTS) is 1. The lowest BCUT2D eigenvalue weighted by Gasteiger charge is -2.40. The molecule has 3 heterocycles. The molecule has 1 N–H and O–H groups in total. The van der Waals surface area contributed by atoms with E-state index in [0.29, 0.717) is 12.5 Å². The number of alkyl halides is 3. The number of hydrogen-bond donors (Lipinski definition) is 1. The third-order valence-electron chi connectivity index (χ3n) is 7.00. The van der Waals surface area contributed by atoms with Gasteiger partial charge in [0.1, 0.15) is 5.75 Å². The van der Waals surface area contributed by atoms with Crippen LogP contribution in [-0.4, -0.2) is 110 Å². The summed E-state index contributed by atoms with van der Waals surface area (Å²) in [5.74, 6) is -1.75. The molecule has 196 valence electrons. The number of methoxy groups -OCH3 is 1. The van der Waals surface area contributed by atoms with Gasteiger partial charge < -0.3 is 24.4 Å². The Labute approximate surface area is 203 Å². The Bertz CT molecular complexity index is 866. The first-order chi connectivity index (χ1) is 16.5. The summed E-state index contributed by atoms with van der Waals surface area (Å²) in [6, 6.07) is 8.34. The van der Waals surface area contributed by atoms with Crippen LogP contribution >= 0.6 is 0 Å². The summed E-state index contributed by atoms with van der Waals surface area (Å²) in [7, 11) is 3.85. The smallest absolute Gasteiger partial charge is 0.490 e. The van der Waals surface area contributed by atoms with Crippen molar-refractivity contribution < 1.29 is 37.3 Å². The van der Waals surface area contributed by atoms with Gasteiger partial charge in [0.15, 0.2) is 0 Å². The van der Waals surface area contributed by atoms with Crippen LogP contribution < -0.4 is 4.74 Å². The molecule has 11 heteroatoms. The van der Waals surface area contributed by atoms with Gasteiger partial charge in [0.2, 0.25) is 5.91 Å². The number of likely N-dealkylation sites (N-methyl/N-ethyl adjacent to an activating group) is 1. The van der Waals surface area contributed by atoms with Crippen LogP contribution in [0.3, 0.4) is 0 Å². The zero-order valence-corrected chi connectivity index (χ0v) is 20.2. The highest BCUT2D eigenvalue weighted by atomic mass is 19.4. The van der Waals surface area contributed by atoms with E-state index in [9.17, 15) is 18.0 Å². The molecule has 8 nitrogen and oxygen atoms in total. The lowest BCUT2D eigenvalue weighted by molar-refractivity contribution is -0.192. The summed E-state index contributed by atoms with van der Waals surface area (Å²) >= 11 is 0. The minimum absolute atomic E-state index is 0.0131. The van der Waals surface area contributed by atoms with Gasteiger partial charge >= 0.3 is 12.1 Å². The minimum Gasteiger partial charge on any atom is -0.497 e. The maximum absolute atomic E-state index is 12.7. The monoisotopic (exact) mass is 501 g/mol. The van der Waals surface area contributed by atoms with Gasteiger partial charge in [-0.1, -0.05) is 12.1 Å². The maximum atomic E-state index is 12.7. The molecule has 1 atom stereocenters. The molecular formula is C24H34F3N3O5. The topological polar surface area (TPSA) is 82.5 Å². The molecule has 1 spiro atoms. The Morgan fingerprint density at radius 1 is 1.14 bits per heavy atom. The molecule has 35 heavy (non-hydrogen) atoms. The zero-order chi connectivity index (χ0) is 25.6. The number of likely N-dealkylation sites (tertiary alicyclic amines) is 1. The Morgan fingerprint density at radius 2 is 1.77 bits per heavy atom. The average molecular weight is 502 g/mol. The van der Waals surface area contributed by atoms with Crippen molar-refractivity contribution in [3.63, 3.8) is 0 Å². The fourth-order valence-corrected chi connectivity index (χ4v) is 4.82. The van der Waals surface area contributed by atoms with Gasteiger partial charge in [-0.15, -0.1) is 0 Å². The molecule has 3 aliphatic heterocycles. The van der Waals surface area contributed by atoms with Crippen molar-refractivity contribution in [1.29, 1.82) is 0 Å². The Balaban J connectivity index is 0.000000429. The number of hydrogen-bond acceptors (Lipinski definition) is 6. The first-order valence-electron chi connectivity index (χ1n) is 11.8. The Hall–Kier alpha value is -2.37. The van der Waals surface area contributed by atoms with Crippen molar-refractivity contribution in [2.45, 2.75) is 43.5 Å². The fraction of sp³-hybridized carbons (Fsp3) is 0.667. The van der Waals surface area contributed by atoms with E-state index in [2.05, 4.69) is 16.8 Å². The predicted molar refractivity (Wildman–Crippen MR) is 122 cm³/mol. The molecule has 0 radical (unpaired) electrons. The normalized spacial score (nSPS) is 23.0. The van der Waals surface area contributed by atoms with Gasteiger partial charge in [-0.3, -0.25) is 9.69 Å². The van der Waals surface area contributed by atoms with Crippen molar-refractivity contribution in [3.8, 4) is 5.75 Å². The van der Waals surface area contributed by atoms with E-state index < -0.39 is 12.1 Å². The highest BCUT2D eigenvalue weighted by Gasteiger charge is 2.45. The number of halogens is 3. The summed E-state index contributed by atoms with van der Waals surface area (Å²) in [6.07, 6.45) is -1.61. The van der Waals surface area contributed by atoms with Gasteiger partial charge in [-0.25, -0.2) is 4.79 Å². The van der Waals surface area contributed by atoms with Crippen molar-refractivity contribution in [1.82, 2.24) is 14.7 Å². The van der Waals surface area contributed by atoms with Crippen LogP contribution in [0.25, 0.3) is 0 Å². The molecule has 4 rings (SSSR count). The van der Waals surface area contributed by atoms with Crippen LogP contribution in [0.4, 0.5) is 13.2 Å². The number of nitrogens with zero attached hydrogens (tertiary/aromatic N) is 3. The first-order valence-corrected chi connectivity index (χ1v) is 11.8. The van der Waals surface area contributed by atoms with E-state index in [-0.39, 0.29) is 11.5 Å². The molecule has 1 aromatic carbocycles. The summed E-state index contributed by atoms with van der Waals surface area (Å²) in [5.41, 5.74) is 0.998. The summed E-state index contributed by atoms with van der Waals surface area (Å²) in [6.45, 7) is 7.04. The quantitative estimate of drug-likeness (QED) is 0.678. The van der Waals surface area contributed by atoms with Crippen LogP contribution in [0.1, 0.15) is 24.8 Å². The Morgan fingerprint density at radius 3 is 2.34 bits per heavy atom. The number of benzene rings is 1. The fourth-order valence-electron chi connectivity index (χ4n) is 4.82. The lowest BCUT2D eigenvalue weighted by Crippen LogP contribution is -2.50. The number of rotatable bonds is 4. The summed E-state index contributed by atoms with van der Waals surface area (Å²) < 4.78 is 43.3. The zero-order valence-electron chi connectivity index (χ0n) is 20.2. The molecule has 0 aliphatic carbocycles.